The molecule has 2 rings (SSSR count). The first kappa shape index (κ1) is 10.8. The van der Waals surface area contributed by atoms with Crippen molar-refractivity contribution in [2.24, 2.45) is 10.4 Å². The molecule has 0 aromatic carbocycles. The summed E-state index contributed by atoms with van der Waals surface area (Å²) in [6.45, 7) is 7.00. The molecule has 1 aliphatic carbocycles. The number of nitrogens with zero attached hydrogens (tertiary/aromatic N) is 2. The minimum atomic E-state index is 0.501. The molecule has 1 aliphatic heterocycles. The number of guanidine groups is 1. The molecule has 0 aromatic rings. The quantitative estimate of drug-likeness (QED) is 0.555. The molecule has 1 saturated heterocycles. The van der Waals surface area contributed by atoms with Gasteiger partial charge in [-0.1, -0.05) is 13.8 Å². The molecule has 0 spiro atoms. The minimum absolute atomic E-state index is 0.501. The largest absolute Gasteiger partial charge is 0.354 e. The highest BCUT2D eigenvalue weighted by atomic mass is 15.3. The number of hydrogen-bond acceptors (Lipinski definition) is 1. The van der Waals surface area contributed by atoms with Crippen LogP contribution in [0.3, 0.4) is 0 Å². The number of rotatable bonds is 2. The maximum absolute atomic E-state index is 4.38. The molecule has 3 heteroatoms. The lowest BCUT2D eigenvalue weighted by molar-refractivity contribution is 0.322. The summed E-state index contributed by atoms with van der Waals surface area (Å²) in [5, 5.41) is 3.52. The van der Waals surface area contributed by atoms with E-state index in [-0.39, 0.29) is 0 Å². The molecule has 86 valence electrons. The van der Waals surface area contributed by atoms with Crippen molar-refractivity contribution in [3.05, 3.63) is 0 Å². The fourth-order valence-corrected chi connectivity index (χ4v) is 2.20. The first-order chi connectivity index (χ1) is 7.17. The van der Waals surface area contributed by atoms with E-state index >= 15 is 0 Å². The predicted molar refractivity (Wildman–Crippen MR) is 64.1 cm³/mol. The molecule has 0 amide bonds. The molecule has 15 heavy (non-hydrogen) atoms. The van der Waals surface area contributed by atoms with Crippen LogP contribution in [0.5, 0.6) is 0 Å². The zero-order valence-electron chi connectivity index (χ0n) is 10.2. The highest BCUT2D eigenvalue weighted by Gasteiger charge is 2.34. The molecule has 2 fully saturated rings. The van der Waals surface area contributed by atoms with Gasteiger partial charge in [-0.3, -0.25) is 4.99 Å². The van der Waals surface area contributed by atoms with E-state index in [2.05, 4.69) is 29.1 Å². The van der Waals surface area contributed by atoms with Gasteiger partial charge < -0.3 is 10.2 Å². The van der Waals surface area contributed by atoms with Crippen molar-refractivity contribution in [2.75, 3.05) is 20.1 Å². The minimum Gasteiger partial charge on any atom is -0.354 e. The van der Waals surface area contributed by atoms with Crippen LogP contribution in [0, 0.1) is 5.41 Å². The fraction of sp³-hybridized carbons (Fsp3) is 0.917. The molecule has 1 atom stereocenters. The normalized spacial score (nSPS) is 32.2. The van der Waals surface area contributed by atoms with E-state index in [1.54, 1.807) is 0 Å². The van der Waals surface area contributed by atoms with Gasteiger partial charge in [0.25, 0.3) is 0 Å². The molecule has 0 bridgehead atoms. The standard InChI is InChI=1S/C12H23N3/c1-4-12(2)7-8-15(9-12)11(13-3)14-10-5-6-10/h10H,4-9H2,1-3H3,(H,13,14). The second-order valence-corrected chi connectivity index (χ2v) is 5.30. The second kappa shape index (κ2) is 4.03. The van der Waals surface area contributed by atoms with Crippen molar-refractivity contribution in [3.8, 4) is 0 Å². The van der Waals surface area contributed by atoms with Crippen LogP contribution in [0.2, 0.25) is 0 Å². The smallest absolute Gasteiger partial charge is 0.193 e. The summed E-state index contributed by atoms with van der Waals surface area (Å²) in [5.41, 5.74) is 0.501. The third kappa shape index (κ3) is 2.44. The Balaban J connectivity index is 1.92. The van der Waals surface area contributed by atoms with Gasteiger partial charge in [0.2, 0.25) is 0 Å². The van der Waals surface area contributed by atoms with E-state index in [0.29, 0.717) is 11.5 Å². The van der Waals surface area contributed by atoms with Crippen LogP contribution in [0.1, 0.15) is 39.5 Å². The Morgan fingerprint density at radius 2 is 2.27 bits per heavy atom. The van der Waals surface area contributed by atoms with Crippen molar-refractivity contribution < 1.29 is 0 Å². The highest BCUT2D eigenvalue weighted by molar-refractivity contribution is 5.80. The maximum Gasteiger partial charge on any atom is 0.193 e. The van der Waals surface area contributed by atoms with E-state index in [1.165, 1.54) is 25.7 Å². The van der Waals surface area contributed by atoms with Gasteiger partial charge in [0.05, 0.1) is 0 Å². The summed E-state index contributed by atoms with van der Waals surface area (Å²) in [5.74, 6) is 1.12. The SMILES string of the molecule is CCC1(C)CCN(C(=NC)NC2CC2)C1. The zero-order chi connectivity index (χ0) is 10.9. The summed E-state index contributed by atoms with van der Waals surface area (Å²) in [6.07, 6.45) is 5.20. The third-order valence-electron chi connectivity index (χ3n) is 3.83. The number of aliphatic imine (C=N–C) groups is 1. The van der Waals surface area contributed by atoms with Gasteiger partial charge in [-0.05, 0) is 31.1 Å². The van der Waals surface area contributed by atoms with Crippen LogP contribution in [0.15, 0.2) is 4.99 Å². The van der Waals surface area contributed by atoms with Crippen molar-refractivity contribution in [3.63, 3.8) is 0 Å². The Morgan fingerprint density at radius 3 is 2.73 bits per heavy atom. The summed E-state index contributed by atoms with van der Waals surface area (Å²) >= 11 is 0. The van der Waals surface area contributed by atoms with E-state index < -0.39 is 0 Å². The number of hydrogen-bond donors (Lipinski definition) is 1. The first-order valence-corrected chi connectivity index (χ1v) is 6.15. The molecule has 1 N–H and O–H groups in total. The van der Waals surface area contributed by atoms with Gasteiger partial charge in [0.1, 0.15) is 0 Å². The number of nitrogens with one attached hydrogen (secondary N) is 1. The van der Waals surface area contributed by atoms with Crippen LogP contribution in [-0.2, 0) is 0 Å². The van der Waals surface area contributed by atoms with E-state index in [0.717, 1.165) is 19.0 Å². The number of likely N-dealkylation sites (tertiary alicyclic amines) is 1. The molecule has 0 radical (unpaired) electrons. The average molecular weight is 209 g/mol. The summed E-state index contributed by atoms with van der Waals surface area (Å²) in [4.78, 5) is 6.80. The Kier molecular flexibility index (Phi) is 2.89. The maximum atomic E-state index is 4.38. The van der Waals surface area contributed by atoms with Gasteiger partial charge in [0, 0.05) is 26.2 Å². The van der Waals surface area contributed by atoms with E-state index in [9.17, 15) is 0 Å². The van der Waals surface area contributed by atoms with Crippen LogP contribution < -0.4 is 5.32 Å². The lowest BCUT2D eigenvalue weighted by atomic mass is 9.87. The third-order valence-corrected chi connectivity index (χ3v) is 3.83. The van der Waals surface area contributed by atoms with Gasteiger partial charge in [-0.15, -0.1) is 0 Å². The first-order valence-electron chi connectivity index (χ1n) is 6.15. The van der Waals surface area contributed by atoms with Crippen LogP contribution in [0.25, 0.3) is 0 Å². The van der Waals surface area contributed by atoms with Gasteiger partial charge in [-0.25, -0.2) is 0 Å². The molecule has 1 saturated carbocycles. The fourth-order valence-electron chi connectivity index (χ4n) is 2.20. The van der Waals surface area contributed by atoms with Crippen molar-refractivity contribution in [2.45, 2.75) is 45.6 Å². The Labute approximate surface area is 92.9 Å². The van der Waals surface area contributed by atoms with E-state index in [1.807, 2.05) is 7.05 Å². The molecule has 1 heterocycles. The van der Waals surface area contributed by atoms with Gasteiger partial charge in [0.15, 0.2) is 5.96 Å². The summed E-state index contributed by atoms with van der Waals surface area (Å²) in [6, 6.07) is 0.706. The monoisotopic (exact) mass is 209 g/mol. The van der Waals surface area contributed by atoms with Gasteiger partial charge in [-0.2, -0.15) is 0 Å². The predicted octanol–water partition coefficient (Wildman–Crippen LogP) is 1.85. The molecule has 0 aromatic heterocycles. The molecule has 3 nitrogen and oxygen atoms in total. The van der Waals surface area contributed by atoms with Crippen molar-refractivity contribution in [1.82, 2.24) is 10.2 Å². The molecule has 1 unspecified atom stereocenters. The van der Waals surface area contributed by atoms with Gasteiger partial charge >= 0.3 is 0 Å². The van der Waals surface area contributed by atoms with Crippen LogP contribution in [-0.4, -0.2) is 37.0 Å². The van der Waals surface area contributed by atoms with Crippen molar-refractivity contribution in [1.29, 1.82) is 0 Å². The Morgan fingerprint density at radius 1 is 1.53 bits per heavy atom. The van der Waals surface area contributed by atoms with Crippen molar-refractivity contribution >= 4 is 5.96 Å². The van der Waals surface area contributed by atoms with Crippen LogP contribution >= 0.6 is 0 Å². The highest BCUT2D eigenvalue weighted by Crippen LogP contribution is 2.33. The average Bonchev–Trinajstić information content (AvgIpc) is 2.98. The zero-order valence-corrected chi connectivity index (χ0v) is 10.2. The lowest BCUT2D eigenvalue weighted by Gasteiger charge is -2.25. The molecular formula is C12H23N3. The Hall–Kier alpha value is -0.730. The summed E-state index contributed by atoms with van der Waals surface area (Å²) < 4.78 is 0. The van der Waals surface area contributed by atoms with E-state index in [4.69, 9.17) is 0 Å². The molecule has 2 aliphatic rings. The Bertz CT molecular complexity index is 258. The van der Waals surface area contributed by atoms with Crippen LogP contribution in [0.4, 0.5) is 0 Å². The second-order valence-electron chi connectivity index (χ2n) is 5.30. The topological polar surface area (TPSA) is 27.6 Å². The lowest BCUT2D eigenvalue weighted by Crippen LogP contribution is -2.41. The summed E-state index contributed by atoms with van der Waals surface area (Å²) in [7, 11) is 1.90. The molecular weight excluding hydrogens is 186 g/mol.